The highest BCUT2D eigenvalue weighted by Gasteiger charge is 2.35. The lowest BCUT2D eigenvalue weighted by Crippen LogP contribution is -2.33. The van der Waals surface area contributed by atoms with Crippen molar-refractivity contribution in [1.29, 1.82) is 0 Å². The van der Waals surface area contributed by atoms with Gasteiger partial charge in [-0.15, -0.1) is 0 Å². The first-order chi connectivity index (χ1) is 6.12. The van der Waals surface area contributed by atoms with Gasteiger partial charge in [-0.05, 0) is 47.3 Å². The van der Waals surface area contributed by atoms with Crippen molar-refractivity contribution < 1.29 is 4.42 Å². The van der Waals surface area contributed by atoms with Crippen molar-refractivity contribution in [2.24, 2.45) is 5.73 Å². The molecule has 0 unspecified atom stereocenters. The van der Waals surface area contributed by atoms with Gasteiger partial charge in [0.1, 0.15) is 5.76 Å². The van der Waals surface area contributed by atoms with Gasteiger partial charge in [-0.3, -0.25) is 0 Å². The van der Waals surface area contributed by atoms with Gasteiger partial charge in [0.15, 0.2) is 4.67 Å². The van der Waals surface area contributed by atoms with Gasteiger partial charge < -0.3 is 10.2 Å². The van der Waals surface area contributed by atoms with Crippen molar-refractivity contribution in [2.45, 2.75) is 38.1 Å². The zero-order valence-corrected chi connectivity index (χ0v) is 9.36. The largest absolute Gasteiger partial charge is 0.452 e. The van der Waals surface area contributed by atoms with Crippen LogP contribution in [0.3, 0.4) is 0 Å². The van der Waals surface area contributed by atoms with Crippen molar-refractivity contribution in [3.8, 4) is 0 Å². The summed E-state index contributed by atoms with van der Waals surface area (Å²) >= 11 is 3.33. The SMILES string of the molecule is Cc1cc(Br)oc1C1(N)CCCC1. The van der Waals surface area contributed by atoms with Gasteiger partial charge in [0, 0.05) is 0 Å². The minimum Gasteiger partial charge on any atom is -0.452 e. The number of nitrogens with two attached hydrogens (primary N) is 1. The fraction of sp³-hybridized carbons (Fsp3) is 0.600. The third-order valence-electron chi connectivity index (χ3n) is 2.84. The van der Waals surface area contributed by atoms with Crippen LogP contribution in [0.15, 0.2) is 15.2 Å². The molecule has 1 aliphatic rings. The molecule has 0 spiro atoms. The van der Waals surface area contributed by atoms with Crippen molar-refractivity contribution in [2.75, 3.05) is 0 Å². The summed E-state index contributed by atoms with van der Waals surface area (Å²) in [5, 5.41) is 0. The second kappa shape index (κ2) is 3.14. The summed E-state index contributed by atoms with van der Waals surface area (Å²) in [5.41, 5.74) is 7.24. The number of hydrogen-bond acceptors (Lipinski definition) is 2. The Kier molecular flexibility index (Phi) is 2.24. The topological polar surface area (TPSA) is 39.2 Å². The summed E-state index contributed by atoms with van der Waals surface area (Å²) in [4.78, 5) is 0. The molecule has 2 rings (SSSR count). The molecule has 2 N–H and O–H groups in total. The van der Waals surface area contributed by atoms with E-state index in [-0.39, 0.29) is 5.54 Å². The lowest BCUT2D eigenvalue weighted by atomic mass is 9.93. The van der Waals surface area contributed by atoms with Crippen LogP contribution in [0.5, 0.6) is 0 Å². The van der Waals surface area contributed by atoms with Crippen LogP contribution in [0.4, 0.5) is 0 Å². The minimum absolute atomic E-state index is 0.198. The summed E-state index contributed by atoms with van der Waals surface area (Å²) in [6.45, 7) is 2.05. The molecule has 0 saturated heterocycles. The quantitative estimate of drug-likeness (QED) is 0.824. The van der Waals surface area contributed by atoms with Crippen molar-refractivity contribution in [3.63, 3.8) is 0 Å². The first-order valence-electron chi connectivity index (χ1n) is 4.67. The number of aryl methyl sites for hydroxylation is 1. The Morgan fingerprint density at radius 3 is 2.54 bits per heavy atom. The number of rotatable bonds is 1. The third-order valence-corrected chi connectivity index (χ3v) is 3.23. The van der Waals surface area contributed by atoms with E-state index in [2.05, 4.69) is 22.9 Å². The fourth-order valence-electron chi connectivity index (χ4n) is 2.17. The van der Waals surface area contributed by atoms with Crippen LogP contribution in [0.2, 0.25) is 0 Å². The Labute approximate surface area is 86.6 Å². The molecular weight excluding hydrogens is 230 g/mol. The monoisotopic (exact) mass is 243 g/mol. The van der Waals surface area contributed by atoms with Crippen LogP contribution in [0, 0.1) is 6.92 Å². The van der Waals surface area contributed by atoms with E-state index in [0.29, 0.717) is 0 Å². The molecule has 0 radical (unpaired) electrons. The summed E-state index contributed by atoms with van der Waals surface area (Å²) in [7, 11) is 0. The molecule has 1 heterocycles. The Morgan fingerprint density at radius 2 is 2.08 bits per heavy atom. The second-order valence-electron chi connectivity index (χ2n) is 3.93. The molecule has 3 heteroatoms. The molecule has 72 valence electrons. The number of hydrogen-bond donors (Lipinski definition) is 1. The minimum atomic E-state index is -0.198. The third kappa shape index (κ3) is 1.55. The Balaban J connectivity index is 2.38. The average Bonchev–Trinajstić information content (AvgIpc) is 2.59. The Hall–Kier alpha value is -0.280. The maximum Gasteiger partial charge on any atom is 0.169 e. The zero-order valence-electron chi connectivity index (χ0n) is 7.77. The lowest BCUT2D eigenvalue weighted by molar-refractivity contribution is 0.339. The van der Waals surface area contributed by atoms with Crippen LogP contribution >= 0.6 is 15.9 Å². The van der Waals surface area contributed by atoms with Crippen LogP contribution in [0.1, 0.15) is 37.0 Å². The fourth-order valence-corrected chi connectivity index (χ4v) is 2.68. The smallest absolute Gasteiger partial charge is 0.169 e. The molecule has 0 amide bonds. The van der Waals surface area contributed by atoms with E-state index in [0.717, 1.165) is 28.8 Å². The highest BCUT2D eigenvalue weighted by atomic mass is 79.9. The van der Waals surface area contributed by atoms with E-state index in [1.54, 1.807) is 0 Å². The molecular formula is C10H14BrNO. The average molecular weight is 244 g/mol. The van der Waals surface area contributed by atoms with Gasteiger partial charge in [-0.1, -0.05) is 12.8 Å². The van der Waals surface area contributed by atoms with Gasteiger partial charge in [-0.2, -0.15) is 0 Å². The van der Waals surface area contributed by atoms with E-state index in [1.165, 1.54) is 12.8 Å². The molecule has 1 fully saturated rings. The number of furan rings is 1. The summed E-state index contributed by atoms with van der Waals surface area (Å²) in [5.74, 6) is 0.969. The maximum atomic E-state index is 6.28. The van der Waals surface area contributed by atoms with Crippen LogP contribution in [-0.2, 0) is 5.54 Å². The Morgan fingerprint density at radius 1 is 1.46 bits per heavy atom. The first kappa shape index (κ1) is 9.28. The Bertz CT molecular complexity index is 313. The second-order valence-corrected chi connectivity index (χ2v) is 4.71. The lowest BCUT2D eigenvalue weighted by Gasteiger charge is -2.21. The van der Waals surface area contributed by atoms with Crippen LogP contribution in [-0.4, -0.2) is 0 Å². The van der Waals surface area contributed by atoms with Crippen molar-refractivity contribution in [1.82, 2.24) is 0 Å². The molecule has 1 aromatic rings. The molecule has 0 aliphatic heterocycles. The molecule has 1 aromatic heterocycles. The normalized spacial score (nSPS) is 20.8. The van der Waals surface area contributed by atoms with E-state index in [9.17, 15) is 0 Å². The van der Waals surface area contributed by atoms with E-state index in [1.807, 2.05) is 6.07 Å². The van der Waals surface area contributed by atoms with Gasteiger partial charge in [0.05, 0.1) is 5.54 Å². The van der Waals surface area contributed by atoms with E-state index >= 15 is 0 Å². The predicted molar refractivity (Wildman–Crippen MR) is 55.5 cm³/mol. The van der Waals surface area contributed by atoms with Crippen LogP contribution in [0.25, 0.3) is 0 Å². The van der Waals surface area contributed by atoms with Crippen molar-refractivity contribution in [3.05, 3.63) is 22.1 Å². The van der Waals surface area contributed by atoms with Gasteiger partial charge in [0.2, 0.25) is 0 Å². The molecule has 1 saturated carbocycles. The predicted octanol–water partition coefficient (Wildman–Crippen LogP) is 3.08. The van der Waals surface area contributed by atoms with Gasteiger partial charge >= 0.3 is 0 Å². The summed E-state index contributed by atoms with van der Waals surface area (Å²) in [6.07, 6.45) is 4.53. The van der Waals surface area contributed by atoms with Gasteiger partial charge in [-0.25, -0.2) is 0 Å². The van der Waals surface area contributed by atoms with Gasteiger partial charge in [0.25, 0.3) is 0 Å². The van der Waals surface area contributed by atoms with Crippen molar-refractivity contribution >= 4 is 15.9 Å². The number of halogens is 1. The highest BCUT2D eigenvalue weighted by molar-refractivity contribution is 9.10. The van der Waals surface area contributed by atoms with E-state index < -0.39 is 0 Å². The zero-order chi connectivity index (χ0) is 9.47. The summed E-state index contributed by atoms with van der Waals surface area (Å²) < 4.78 is 6.38. The molecule has 0 bridgehead atoms. The highest BCUT2D eigenvalue weighted by Crippen LogP contribution is 2.39. The molecule has 2 nitrogen and oxygen atoms in total. The van der Waals surface area contributed by atoms with Crippen LogP contribution < -0.4 is 5.73 Å². The molecule has 1 aliphatic carbocycles. The van der Waals surface area contributed by atoms with E-state index in [4.69, 9.17) is 10.2 Å². The maximum absolute atomic E-state index is 6.28. The molecule has 0 atom stereocenters. The molecule has 13 heavy (non-hydrogen) atoms. The first-order valence-corrected chi connectivity index (χ1v) is 5.46. The summed E-state index contributed by atoms with van der Waals surface area (Å²) in [6, 6.07) is 1.99. The molecule has 0 aromatic carbocycles. The standard InChI is InChI=1S/C10H14BrNO/c1-7-6-8(11)13-9(7)10(12)4-2-3-5-10/h6H,2-5,12H2,1H3.